The van der Waals surface area contributed by atoms with E-state index < -0.39 is 0 Å². The van der Waals surface area contributed by atoms with Gasteiger partial charge < -0.3 is 15.5 Å². The first-order valence-electron chi connectivity index (χ1n) is 4.83. The van der Waals surface area contributed by atoms with E-state index >= 15 is 0 Å². The molecule has 1 aromatic heterocycles. The van der Waals surface area contributed by atoms with Gasteiger partial charge in [-0.25, -0.2) is 0 Å². The molecule has 0 radical (unpaired) electrons. The molecular formula is C12H12N2O2. The molecule has 82 valence electrons. The number of carbonyl (C=O) groups excluding carboxylic acids is 1. The van der Waals surface area contributed by atoms with Gasteiger partial charge in [0.1, 0.15) is 5.75 Å². The molecule has 0 saturated heterocycles. The molecule has 0 spiro atoms. The van der Waals surface area contributed by atoms with Crippen LogP contribution in [0, 0.1) is 0 Å². The number of methoxy groups -OCH3 is 1. The number of ether oxygens (including phenoxy) is 1. The molecule has 1 heterocycles. The third-order valence-electron chi connectivity index (χ3n) is 2.33. The summed E-state index contributed by atoms with van der Waals surface area (Å²) in [5.74, 6) is 0.407. The van der Waals surface area contributed by atoms with Crippen molar-refractivity contribution in [1.82, 2.24) is 4.98 Å². The Morgan fingerprint density at radius 1 is 1.38 bits per heavy atom. The number of aromatic nitrogens is 1. The number of nitrogens with two attached hydrogens (primary N) is 1. The molecular weight excluding hydrogens is 204 g/mol. The van der Waals surface area contributed by atoms with Crippen LogP contribution in [-0.4, -0.2) is 17.9 Å². The molecule has 0 unspecified atom stereocenters. The maximum atomic E-state index is 12.1. The van der Waals surface area contributed by atoms with E-state index in [1.54, 1.807) is 36.7 Å². The summed E-state index contributed by atoms with van der Waals surface area (Å²) < 4.78 is 5.13. The molecule has 4 nitrogen and oxygen atoms in total. The van der Waals surface area contributed by atoms with E-state index in [9.17, 15) is 4.79 Å². The number of nitrogens with one attached hydrogen (secondary N) is 1. The van der Waals surface area contributed by atoms with Crippen LogP contribution in [0.5, 0.6) is 5.75 Å². The van der Waals surface area contributed by atoms with E-state index in [-0.39, 0.29) is 5.78 Å². The minimum atomic E-state index is -0.0851. The molecule has 0 atom stereocenters. The van der Waals surface area contributed by atoms with Crippen molar-refractivity contribution in [2.24, 2.45) is 0 Å². The number of ketones is 1. The zero-order chi connectivity index (χ0) is 11.5. The average Bonchev–Trinajstić information content (AvgIpc) is 2.81. The topological polar surface area (TPSA) is 68.1 Å². The summed E-state index contributed by atoms with van der Waals surface area (Å²) in [6, 6.07) is 6.71. The second kappa shape index (κ2) is 4.10. The van der Waals surface area contributed by atoms with E-state index in [0.29, 0.717) is 22.6 Å². The lowest BCUT2D eigenvalue weighted by molar-refractivity contribution is 0.103. The van der Waals surface area contributed by atoms with Crippen molar-refractivity contribution in [2.75, 3.05) is 12.8 Å². The number of anilines is 1. The first kappa shape index (κ1) is 10.3. The van der Waals surface area contributed by atoms with E-state index in [4.69, 9.17) is 10.5 Å². The molecule has 0 fully saturated rings. The number of nitrogen functional groups attached to an aromatic ring is 1. The van der Waals surface area contributed by atoms with E-state index in [1.165, 1.54) is 7.11 Å². The highest BCUT2D eigenvalue weighted by molar-refractivity contribution is 6.10. The molecule has 0 aliphatic carbocycles. The van der Waals surface area contributed by atoms with Gasteiger partial charge in [-0.05, 0) is 18.2 Å². The van der Waals surface area contributed by atoms with Crippen molar-refractivity contribution < 1.29 is 9.53 Å². The van der Waals surface area contributed by atoms with Crippen LogP contribution in [0.4, 0.5) is 5.69 Å². The summed E-state index contributed by atoms with van der Waals surface area (Å²) in [4.78, 5) is 14.9. The van der Waals surface area contributed by atoms with Crippen LogP contribution in [0.2, 0.25) is 0 Å². The number of rotatable bonds is 3. The number of hydrogen-bond donors (Lipinski definition) is 2. The summed E-state index contributed by atoms with van der Waals surface area (Å²) in [7, 11) is 1.52. The van der Waals surface area contributed by atoms with Gasteiger partial charge in [0.2, 0.25) is 0 Å². The highest BCUT2D eigenvalue weighted by Crippen LogP contribution is 2.23. The highest BCUT2D eigenvalue weighted by atomic mass is 16.5. The lowest BCUT2D eigenvalue weighted by Crippen LogP contribution is -2.03. The second-order valence-corrected chi connectivity index (χ2v) is 3.39. The Hall–Kier alpha value is -2.23. The smallest absolute Gasteiger partial charge is 0.198 e. The minimum absolute atomic E-state index is 0.0851. The Labute approximate surface area is 93.0 Å². The van der Waals surface area contributed by atoms with Gasteiger partial charge in [-0.1, -0.05) is 0 Å². The fourth-order valence-corrected chi connectivity index (χ4v) is 1.52. The Morgan fingerprint density at radius 3 is 2.81 bits per heavy atom. The third kappa shape index (κ3) is 1.77. The lowest BCUT2D eigenvalue weighted by atomic mass is 10.0. The molecule has 2 aromatic rings. The van der Waals surface area contributed by atoms with Gasteiger partial charge in [0.15, 0.2) is 5.78 Å². The van der Waals surface area contributed by atoms with E-state index in [2.05, 4.69) is 4.98 Å². The van der Waals surface area contributed by atoms with Crippen LogP contribution in [0.25, 0.3) is 0 Å². The van der Waals surface area contributed by atoms with Gasteiger partial charge >= 0.3 is 0 Å². The summed E-state index contributed by atoms with van der Waals surface area (Å²) in [5.41, 5.74) is 7.31. The third-order valence-corrected chi connectivity index (χ3v) is 2.33. The van der Waals surface area contributed by atoms with Gasteiger partial charge in [-0.3, -0.25) is 4.79 Å². The summed E-state index contributed by atoms with van der Waals surface area (Å²) in [6.45, 7) is 0. The van der Waals surface area contributed by atoms with Crippen molar-refractivity contribution in [2.45, 2.75) is 0 Å². The second-order valence-electron chi connectivity index (χ2n) is 3.39. The first-order valence-corrected chi connectivity index (χ1v) is 4.83. The Kier molecular flexibility index (Phi) is 2.64. The standard InChI is InChI=1S/C12H12N2O2/c1-16-11-6-9(13)2-3-10(11)12(15)8-4-5-14-7-8/h2-7,14H,13H2,1H3. The van der Waals surface area contributed by atoms with E-state index in [0.717, 1.165) is 0 Å². The minimum Gasteiger partial charge on any atom is -0.496 e. The van der Waals surface area contributed by atoms with Crippen molar-refractivity contribution >= 4 is 11.5 Å². The quantitative estimate of drug-likeness (QED) is 0.607. The van der Waals surface area contributed by atoms with Gasteiger partial charge in [0.25, 0.3) is 0 Å². The van der Waals surface area contributed by atoms with Crippen LogP contribution >= 0.6 is 0 Å². The van der Waals surface area contributed by atoms with Crippen molar-refractivity contribution in [1.29, 1.82) is 0 Å². The van der Waals surface area contributed by atoms with Gasteiger partial charge in [0, 0.05) is 29.7 Å². The van der Waals surface area contributed by atoms with Crippen LogP contribution in [-0.2, 0) is 0 Å². The van der Waals surface area contributed by atoms with Crippen molar-refractivity contribution in [3.63, 3.8) is 0 Å². The average molecular weight is 216 g/mol. The van der Waals surface area contributed by atoms with Crippen LogP contribution < -0.4 is 10.5 Å². The van der Waals surface area contributed by atoms with Crippen LogP contribution in [0.1, 0.15) is 15.9 Å². The van der Waals surface area contributed by atoms with Gasteiger partial charge in [0.05, 0.1) is 12.7 Å². The van der Waals surface area contributed by atoms with Crippen molar-refractivity contribution in [3.05, 3.63) is 47.8 Å². The lowest BCUT2D eigenvalue weighted by Gasteiger charge is -2.07. The molecule has 4 heteroatoms. The highest BCUT2D eigenvalue weighted by Gasteiger charge is 2.14. The van der Waals surface area contributed by atoms with Gasteiger partial charge in [-0.15, -0.1) is 0 Å². The Bertz CT molecular complexity index is 504. The predicted molar refractivity (Wildman–Crippen MR) is 61.6 cm³/mol. The fourth-order valence-electron chi connectivity index (χ4n) is 1.52. The Morgan fingerprint density at radius 2 is 2.19 bits per heavy atom. The molecule has 0 aliphatic heterocycles. The largest absolute Gasteiger partial charge is 0.496 e. The molecule has 1 aromatic carbocycles. The number of aromatic amines is 1. The number of H-pyrrole nitrogens is 1. The molecule has 0 amide bonds. The zero-order valence-corrected chi connectivity index (χ0v) is 8.86. The predicted octanol–water partition coefficient (Wildman–Crippen LogP) is 1.84. The molecule has 2 rings (SSSR count). The monoisotopic (exact) mass is 216 g/mol. The Balaban J connectivity index is 2.44. The summed E-state index contributed by atoms with van der Waals surface area (Å²) in [6.07, 6.45) is 3.36. The summed E-state index contributed by atoms with van der Waals surface area (Å²) >= 11 is 0. The number of carbonyl (C=O) groups is 1. The number of benzene rings is 1. The number of hydrogen-bond acceptors (Lipinski definition) is 3. The fraction of sp³-hybridized carbons (Fsp3) is 0.0833. The first-order chi connectivity index (χ1) is 7.72. The molecule has 0 bridgehead atoms. The van der Waals surface area contributed by atoms with E-state index in [1.807, 2.05) is 0 Å². The zero-order valence-electron chi connectivity index (χ0n) is 8.86. The van der Waals surface area contributed by atoms with Crippen molar-refractivity contribution in [3.8, 4) is 5.75 Å². The maximum absolute atomic E-state index is 12.1. The molecule has 3 N–H and O–H groups in total. The molecule has 0 saturated carbocycles. The molecule has 16 heavy (non-hydrogen) atoms. The SMILES string of the molecule is COc1cc(N)ccc1C(=O)c1cc[nH]c1. The maximum Gasteiger partial charge on any atom is 0.198 e. The van der Waals surface area contributed by atoms with Crippen LogP contribution in [0.3, 0.4) is 0 Å². The molecule has 0 aliphatic rings. The van der Waals surface area contributed by atoms with Gasteiger partial charge in [-0.2, -0.15) is 0 Å². The normalized spacial score (nSPS) is 10.1. The van der Waals surface area contributed by atoms with Crippen LogP contribution in [0.15, 0.2) is 36.7 Å². The summed E-state index contributed by atoms with van der Waals surface area (Å²) in [5, 5.41) is 0.